The molecule has 1 N–H and O–H groups in total. The van der Waals surface area contributed by atoms with E-state index in [0.29, 0.717) is 10.5 Å². The lowest BCUT2D eigenvalue weighted by Crippen LogP contribution is -1.99. The standard InChI is InChI=1S/C12H10FNO2S/c1-7-5-10(17-6-11(15)16)14-12-8(7)3-2-4-9(12)13/h2-5H,6H2,1H3,(H,15,16). The predicted octanol–water partition coefficient (Wildman–Crippen LogP) is 2.86. The van der Waals surface area contributed by atoms with Crippen LogP contribution in [0.15, 0.2) is 29.3 Å². The first-order chi connectivity index (χ1) is 8.08. The van der Waals surface area contributed by atoms with Gasteiger partial charge in [0, 0.05) is 5.39 Å². The van der Waals surface area contributed by atoms with Gasteiger partial charge in [-0.3, -0.25) is 4.79 Å². The van der Waals surface area contributed by atoms with Crippen LogP contribution < -0.4 is 0 Å². The maximum atomic E-state index is 13.6. The average molecular weight is 251 g/mol. The Hall–Kier alpha value is -1.62. The van der Waals surface area contributed by atoms with Gasteiger partial charge in [-0.05, 0) is 24.6 Å². The van der Waals surface area contributed by atoms with Crippen LogP contribution in [0.4, 0.5) is 4.39 Å². The molecule has 0 aliphatic carbocycles. The number of halogens is 1. The highest BCUT2D eigenvalue weighted by Crippen LogP contribution is 2.25. The number of fused-ring (bicyclic) bond motifs is 1. The molecule has 0 aliphatic rings. The molecule has 0 spiro atoms. The van der Waals surface area contributed by atoms with E-state index in [-0.39, 0.29) is 11.6 Å². The number of aryl methyl sites for hydroxylation is 1. The fourth-order valence-electron chi connectivity index (χ4n) is 1.56. The van der Waals surface area contributed by atoms with Crippen molar-refractivity contribution in [2.45, 2.75) is 11.9 Å². The molecule has 0 atom stereocenters. The van der Waals surface area contributed by atoms with Crippen LogP contribution in [0.5, 0.6) is 0 Å². The highest BCUT2D eigenvalue weighted by atomic mass is 32.2. The Labute approximate surface area is 102 Å². The van der Waals surface area contributed by atoms with Crippen LogP contribution in [-0.4, -0.2) is 21.8 Å². The Kier molecular flexibility index (Phi) is 3.28. The second-order valence-corrected chi connectivity index (χ2v) is 4.59. The largest absolute Gasteiger partial charge is 0.481 e. The van der Waals surface area contributed by atoms with Gasteiger partial charge in [0.15, 0.2) is 0 Å². The molecular formula is C12H10FNO2S. The zero-order valence-corrected chi connectivity index (χ0v) is 9.92. The maximum absolute atomic E-state index is 13.6. The highest BCUT2D eigenvalue weighted by Gasteiger charge is 2.08. The smallest absolute Gasteiger partial charge is 0.313 e. The van der Waals surface area contributed by atoms with E-state index in [9.17, 15) is 9.18 Å². The molecule has 5 heteroatoms. The number of benzene rings is 1. The summed E-state index contributed by atoms with van der Waals surface area (Å²) in [5, 5.41) is 9.87. The normalized spacial score (nSPS) is 10.7. The molecule has 0 radical (unpaired) electrons. The van der Waals surface area contributed by atoms with Crippen LogP contribution >= 0.6 is 11.8 Å². The SMILES string of the molecule is Cc1cc(SCC(=O)O)nc2c(F)cccc12. The topological polar surface area (TPSA) is 50.2 Å². The van der Waals surface area contributed by atoms with Gasteiger partial charge in [-0.25, -0.2) is 9.37 Å². The number of rotatable bonds is 3. The molecule has 2 rings (SSSR count). The molecule has 2 aromatic rings. The van der Waals surface area contributed by atoms with E-state index >= 15 is 0 Å². The highest BCUT2D eigenvalue weighted by molar-refractivity contribution is 7.99. The average Bonchev–Trinajstić information content (AvgIpc) is 2.28. The van der Waals surface area contributed by atoms with Gasteiger partial charge >= 0.3 is 5.97 Å². The van der Waals surface area contributed by atoms with Crippen molar-refractivity contribution in [3.8, 4) is 0 Å². The first kappa shape index (κ1) is 11.9. The van der Waals surface area contributed by atoms with E-state index in [1.165, 1.54) is 6.07 Å². The van der Waals surface area contributed by atoms with Gasteiger partial charge in [-0.2, -0.15) is 0 Å². The zero-order chi connectivity index (χ0) is 12.4. The van der Waals surface area contributed by atoms with Gasteiger partial charge in [0.25, 0.3) is 0 Å². The number of para-hydroxylation sites is 1. The minimum atomic E-state index is -0.914. The molecule has 17 heavy (non-hydrogen) atoms. The Morgan fingerprint density at radius 1 is 1.53 bits per heavy atom. The Morgan fingerprint density at radius 2 is 2.29 bits per heavy atom. The number of nitrogens with zero attached hydrogens (tertiary/aromatic N) is 1. The van der Waals surface area contributed by atoms with Gasteiger partial charge in [0.2, 0.25) is 0 Å². The van der Waals surface area contributed by atoms with Crippen molar-refractivity contribution in [1.29, 1.82) is 0 Å². The molecule has 0 amide bonds. The fraction of sp³-hybridized carbons (Fsp3) is 0.167. The number of hydrogen-bond acceptors (Lipinski definition) is 3. The number of aromatic nitrogens is 1. The van der Waals surface area contributed by atoms with Gasteiger partial charge in [0.1, 0.15) is 11.3 Å². The van der Waals surface area contributed by atoms with Crippen LogP contribution in [0.2, 0.25) is 0 Å². The fourth-order valence-corrected chi connectivity index (χ4v) is 2.25. The van der Waals surface area contributed by atoms with Crippen LogP contribution in [0.1, 0.15) is 5.56 Å². The van der Waals surface area contributed by atoms with E-state index in [0.717, 1.165) is 22.7 Å². The van der Waals surface area contributed by atoms with E-state index in [4.69, 9.17) is 5.11 Å². The summed E-state index contributed by atoms with van der Waals surface area (Å²) in [5.41, 5.74) is 1.18. The molecule has 1 aromatic carbocycles. The molecular weight excluding hydrogens is 241 g/mol. The summed E-state index contributed by atoms with van der Waals surface area (Å²) >= 11 is 1.09. The van der Waals surface area contributed by atoms with Crippen molar-refractivity contribution in [1.82, 2.24) is 4.98 Å². The van der Waals surface area contributed by atoms with E-state index in [2.05, 4.69) is 4.98 Å². The van der Waals surface area contributed by atoms with E-state index < -0.39 is 5.97 Å². The molecule has 0 fully saturated rings. The first-order valence-corrected chi connectivity index (χ1v) is 5.97. The third-order valence-electron chi connectivity index (χ3n) is 2.32. The molecule has 1 aromatic heterocycles. The summed E-state index contributed by atoms with van der Waals surface area (Å²) in [6.07, 6.45) is 0. The summed E-state index contributed by atoms with van der Waals surface area (Å²) in [4.78, 5) is 14.6. The van der Waals surface area contributed by atoms with Crippen LogP contribution in [-0.2, 0) is 4.79 Å². The minimum Gasteiger partial charge on any atom is -0.481 e. The summed E-state index contributed by atoms with van der Waals surface area (Å²) in [6.45, 7) is 1.86. The Morgan fingerprint density at radius 3 is 3.00 bits per heavy atom. The van der Waals surface area contributed by atoms with Crippen molar-refractivity contribution in [2.75, 3.05) is 5.75 Å². The van der Waals surface area contributed by atoms with Crippen molar-refractivity contribution in [3.05, 3.63) is 35.6 Å². The minimum absolute atomic E-state index is 0.0770. The van der Waals surface area contributed by atoms with Gasteiger partial charge < -0.3 is 5.11 Å². The van der Waals surface area contributed by atoms with Gasteiger partial charge in [-0.1, -0.05) is 23.9 Å². The molecule has 0 aliphatic heterocycles. The lowest BCUT2D eigenvalue weighted by Gasteiger charge is -2.05. The molecule has 1 heterocycles. The number of carboxylic acids is 1. The Bertz CT molecular complexity index is 586. The number of pyridine rings is 1. The molecule has 88 valence electrons. The maximum Gasteiger partial charge on any atom is 0.313 e. The molecule has 0 bridgehead atoms. The van der Waals surface area contributed by atoms with E-state index in [1.807, 2.05) is 6.92 Å². The zero-order valence-electron chi connectivity index (χ0n) is 9.11. The molecule has 0 unspecified atom stereocenters. The second-order valence-electron chi connectivity index (χ2n) is 3.60. The predicted molar refractivity (Wildman–Crippen MR) is 64.8 cm³/mol. The van der Waals surface area contributed by atoms with E-state index in [1.54, 1.807) is 18.2 Å². The second kappa shape index (κ2) is 4.71. The molecule has 3 nitrogen and oxygen atoms in total. The van der Waals surface area contributed by atoms with Crippen molar-refractivity contribution in [2.24, 2.45) is 0 Å². The summed E-state index contributed by atoms with van der Waals surface area (Å²) in [5.74, 6) is -1.38. The number of aliphatic carboxylic acids is 1. The number of carboxylic acid groups (broad SMARTS) is 1. The van der Waals surface area contributed by atoms with Gasteiger partial charge in [0.05, 0.1) is 10.8 Å². The number of carbonyl (C=O) groups is 1. The third kappa shape index (κ3) is 2.55. The lowest BCUT2D eigenvalue weighted by molar-refractivity contribution is -0.133. The third-order valence-corrected chi connectivity index (χ3v) is 3.21. The lowest BCUT2D eigenvalue weighted by atomic mass is 10.1. The quantitative estimate of drug-likeness (QED) is 0.852. The molecule has 0 saturated heterocycles. The Balaban J connectivity index is 2.46. The van der Waals surface area contributed by atoms with Gasteiger partial charge in [-0.15, -0.1) is 0 Å². The molecule has 0 saturated carbocycles. The summed E-state index contributed by atoms with van der Waals surface area (Å²) < 4.78 is 13.6. The summed E-state index contributed by atoms with van der Waals surface area (Å²) in [6, 6.07) is 6.55. The number of hydrogen-bond donors (Lipinski definition) is 1. The monoisotopic (exact) mass is 251 g/mol. The van der Waals surface area contributed by atoms with Crippen molar-refractivity contribution < 1.29 is 14.3 Å². The van der Waals surface area contributed by atoms with Crippen molar-refractivity contribution >= 4 is 28.6 Å². The first-order valence-electron chi connectivity index (χ1n) is 4.98. The van der Waals surface area contributed by atoms with Crippen LogP contribution in [0.25, 0.3) is 10.9 Å². The summed E-state index contributed by atoms with van der Waals surface area (Å²) in [7, 11) is 0. The van der Waals surface area contributed by atoms with Crippen molar-refractivity contribution in [3.63, 3.8) is 0 Å². The number of thioether (sulfide) groups is 1. The van der Waals surface area contributed by atoms with Crippen LogP contribution in [0, 0.1) is 12.7 Å². The van der Waals surface area contributed by atoms with Crippen LogP contribution in [0.3, 0.4) is 0 Å².